The van der Waals surface area contributed by atoms with Gasteiger partial charge in [0.2, 0.25) is 0 Å². The van der Waals surface area contributed by atoms with E-state index in [1.54, 1.807) is 11.3 Å². The molecule has 90 valence electrons. The molecule has 18 heavy (non-hydrogen) atoms. The molecule has 2 heterocycles. The predicted octanol–water partition coefficient (Wildman–Crippen LogP) is 4.67. The highest BCUT2D eigenvalue weighted by Gasteiger charge is 2.11. The lowest BCUT2D eigenvalue weighted by Gasteiger charge is -2.05. The van der Waals surface area contributed by atoms with Crippen LogP contribution in [0.5, 0.6) is 0 Å². The van der Waals surface area contributed by atoms with E-state index in [4.69, 9.17) is 0 Å². The van der Waals surface area contributed by atoms with Gasteiger partial charge in [0.25, 0.3) is 0 Å². The van der Waals surface area contributed by atoms with Crippen molar-refractivity contribution in [1.29, 1.82) is 0 Å². The van der Waals surface area contributed by atoms with Crippen molar-refractivity contribution in [2.75, 3.05) is 0 Å². The first-order chi connectivity index (χ1) is 8.74. The minimum atomic E-state index is 0.995. The predicted molar refractivity (Wildman–Crippen MR) is 79.3 cm³/mol. The Kier molecular flexibility index (Phi) is 3.06. The third-order valence-electron chi connectivity index (χ3n) is 2.65. The molecule has 0 bridgehead atoms. The number of imidazole rings is 1. The zero-order valence-corrected chi connectivity index (χ0v) is 12.2. The topological polar surface area (TPSA) is 17.8 Å². The van der Waals surface area contributed by atoms with Crippen LogP contribution >= 0.6 is 27.3 Å². The SMILES string of the molecule is Cc1cn(-c2ccccc2)c(-c2ccc(Br)s2)n1. The Hall–Kier alpha value is -1.39. The number of hydrogen-bond donors (Lipinski definition) is 0. The van der Waals surface area contributed by atoms with Crippen LogP contribution in [0, 0.1) is 6.92 Å². The lowest BCUT2D eigenvalue weighted by atomic mass is 10.3. The summed E-state index contributed by atoms with van der Waals surface area (Å²) in [6.45, 7) is 2.02. The fourth-order valence-electron chi connectivity index (χ4n) is 1.89. The fraction of sp³-hybridized carbons (Fsp3) is 0.0714. The van der Waals surface area contributed by atoms with Crippen LogP contribution in [0.25, 0.3) is 16.4 Å². The molecule has 0 saturated heterocycles. The van der Waals surface area contributed by atoms with E-state index in [0.29, 0.717) is 0 Å². The van der Waals surface area contributed by atoms with Crippen molar-refractivity contribution in [2.45, 2.75) is 6.92 Å². The summed E-state index contributed by atoms with van der Waals surface area (Å²) in [6, 6.07) is 14.4. The number of nitrogens with zero attached hydrogens (tertiary/aromatic N) is 2. The second-order valence-electron chi connectivity index (χ2n) is 4.02. The molecule has 1 aromatic carbocycles. The summed E-state index contributed by atoms with van der Waals surface area (Å²) in [5, 5.41) is 0. The number of thiophene rings is 1. The van der Waals surface area contributed by atoms with Crippen LogP contribution in [-0.2, 0) is 0 Å². The van der Waals surface area contributed by atoms with E-state index in [1.807, 2.05) is 25.1 Å². The van der Waals surface area contributed by atoms with Crippen LogP contribution in [0.15, 0.2) is 52.4 Å². The highest BCUT2D eigenvalue weighted by atomic mass is 79.9. The van der Waals surface area contributed by atoms with Gasteiger partial charge in [0.1, 0.15) is 0 Å². The van der Waals surface area contributed by atoms with Gasteiger partial charge in [-0.15, -0.1) is 11.3 Å². The quantitative estimate of drug-likeness (QED) is 0.671. The van der Waals surface area contributed by atoms with Gasteiger partial charge in [0, 0.05) is 11.9 Å². The van der Waals surface area contributed by atoms with E-state index >= 15 is 0 Å². The molecular weight excluding hydrogens is 308 g/mol. The summed E-state index contributed by atoms with van der Waals surface area (Å²) >= 11 is 5.19. The molecule has 2 nitrogen and oxygen atoms in total. The van der Waals surface area contributed by atoms with E-state index in [1.165, 1.54) is 4.88 Å². The molecule has 3 rings (SSSR count). The number of para-hydroxylation sites is 1. The highest BCUT2D eigenvalue weighted by Crippen LogP contribution is 2.32. The van der Waals surface area contributed by atoms with Crippen molar-refractivity contribution in [3.05, 3.63) is 58.1 Å². The molecular formula is C14H11BrN2S. The van der Waals surface area contributed by atoms with Gasteiger partial charge in [-0.1, -0.05) is 18.2 Å². The molecule has 0 atom stereocenters. The second-order valence-corrected chi connectivity index (χ2v) is 6.48. The standard InChI is InChI=1S/C14H11BrN2S/c1-10-9-17(11-5-3-2-4-6-11)14(16-10)12-7-8-13(15)18-12/h2-9H,1H3. The number of hydrogen-bond acceptors (Lipinski definition) is 2. The average molecular weight is 319 g/mol. The molecule has 0 fully saturated rings. The lowest BCUT2D eigenvalue weighted by molar-refractivity contribution is 1.07. The van der Waals surface area contributed by atoms with Gasteiger partial charge in [-0.05, 0) is 47.1 Å². The first-order valence-electron chi connectivity index (χ1n) is 5.61. The summed E-state index contributed by atoms with van der Waals surface area (Å²) < 4.78 is 3.26. The maximum absolute atomic E-state index is 4.62. The molecule has 0 aliphatic heterocycles. The van der Waals surface area contributed by atoms with Gasteiger partial charge in [-0.3, -0.25) is 4.57 Å². The summed E-state index contributed by atoms with van der Waals surface area (Å²) in [5.74, 6) is 0.995. The zero-order valence-electron chi connectivity index (χ0n) is 9.80. The molecule has 0 unspecified atom stereocenters. The Balaban J connectivity index is 2.16. The Labute approximate surface area is 118 Å². The normalized spacial score (nSPS) is 10.8. The van der Waals surface area contributed by atoms with Crippen LogP contribution in [0.2, 0.25) is 0 Å². The van der Waals surface area contributed by atoms with Gasteiger partial charge in [0.15, 0.2) is 5.82 Å². The summed E-state index contributed by atoms with van der Waals surface area (Å²) in [7, 11) is 0. The van der Waals surface area contributed by atoms with E-state index in [0.717, 1.165) is 21.0 Å². The first-order valence-corrected chi connectivity index (χ1v) is 7.22. The molecule has 0 N–H and O–H groups in total. The molecule has 3 aromatic rings. The summed E-state index contributed by atoms with van der Waals surface area (Å²) in [5.41, 5.74) is 2.16. The zero-order chi connectivity index (χ0) is 12.5. The largest absolute Gasteiger partial charge is 0.299 e. The minimum absolute atomic E-state index is 0.995. The molecule has 0 saturated carbocycles. The summed E-state index contributed by atoms with van der Waals surface area (Å²) in [4.78, 5) is 5.79. The Morgan fingerprint density at radius 1 is 1.11 bits per heavy atom. The number of rotatable bonds is 2. The Morgan fingerprint density at radius 2 is 1.89 bits per heavy atom. The molecule has 0 aliphatic rings. The number of halogens is 1. The highest BCUT2D eigenvalue weighted by molar-refractivity contribution is 9.11. The van der Waals surface area contributed by atoms with Gasteiger partial charge in [-0.25, -0.2) is 4.98 Å². The number of aryl methyl sites for hydroxylation is 1. The number of aromatic nitrogens is 2. The number of benzene rings is 1. The van der Waals surface area contributed by atoms with E-state index in [9.17, 15) is 0 Å². The average Bonchev–Trinajstić information content (AvgIpc) is 2.96. The third kappa shape index (κ3) is 2.13. The van der Waals surface area contributed by atoms with Crippen LogP contribution in [-0.4, -0.2) is 9.55 Å². The molecule has 0 amide bonds. The van der Waals surface area contributed by atoms with Gasteiger partial charge in [0.05, 0.1) is 14.4 Å². The molecule has 2 aromatic heterocycles. The third-order valence-corrected chi connectivity index (χ3v) is 4.27. The van der Waals surface area contributed by atoms with Crippen LogP contribution in [0.1, 0.15) is 5.69 Å². The van der Waals surface area contributed by atoms with Crippen molar-refractivity contribution < 1.29 is 0 Å². The maximum Gasteiger partial charge on any atom is 0.154 e. The second kappa shape index (κ2) is 4.71. The van der Waals surface area contributed by atoms with Gasteiger partial charge < -0.3 is 0 Å². The Morgan fingerprint density at radius 3 is 2.56 bits per heavy atom. The van der Waals surface area contributed by atoms with Gasteiger partial charge >= 0.3 is 0 Å². The summed E-state index contributed by atoms with van der Waals surface area (Å²) in [6.07, 6.45) is 2.07. The van der Waals surface area contributed by atoms with E-state index in [-0.39, 0.29) is 0 Å². The van der Waals surface area contributed by atoms with Crippen LogP contribution in [0.4, 0.5) is 0 Å². The Bertz CT molecular complexity index is 670. The fourth-order valence-corrected chi connectivity index (χ4v) is 3.26. The maximum atomic E-state index is 4.62. The van der Waals surface area contributed by atoms with E-state index < -0.39 is 0 Å². The van der Waals surface area contributed by atoms with Crippen molar-refractivity contribution in [1.82, 2.24) is 9.55 Å². The van der Waals surface area contributed by atoms with Crippen molar-refractivity contribution in [3.63, 3.8) is 0 Å². The molecule has 4 heteroatoms. The first kappa shape index (κ1) is 11.7. The van der Waals surface area contributed by atoms with Gasteiger partial charge in [-0.2, -0.15) is 0 Å². The van der Waals surface area contributed by atoms with Crippen LogP contribution in [0.3, 0.4) is 0 Å². The molecule has 0 radical (unpaired) electrons. The lowest BCUT2D eigenvalue weighted by Crippen LogP contribution is -1.94. The van der Waals surface area contributed by atoms with Crippen LogP contribution < -0.4 is 0 Å². The monoisotopic (exact) mass is 318 g/mol. The van der Waals surface area contributed by atoms with Crippen molar-refractivity contribution in [3.8, 4) is 16.4 Å². The smallest absolute Gasteiger partial charge is 0.154 e. The molecule has 0 aliphatic carbocycles. The van der Waals surface area contributed by atoms with Crippen molar-refractivity contribution >= 4 is 27.3 Å². The van der Waals surface area contributed by atoms with Crippen molar-refractivity contribution in [2.24, 2.45) is 0 Å². The molecule has 0 spiro atoms. The minimum Gasteiger partial charge on any atom is -0.299 e. The van der Waals surface area contributed by atoms with E-state index in [2.05, 4.69) is 55.9 Å².